The molecule has 1 aromatic heterocycles. The van der Waals surface area contributed by atoms with E-state index in [-0.39, 0.29) is 18.9 Å². The molecule has 2 atom stereocenters. The molecule has 0 bridgehead atoms. The molecule has 0 unspecified atom stereocenters. The molecule has 0 saturated carbocycles. The van der Waals surface area contributed by atoms with Crippen molar-refractivity contribution in [3.8, 4) is 0 Å². The van der Waals surface area contributed by atoms with E-state index in [9.17, 15) is 19.5 Å². The second-order valence-corrected chi connectivity index (χ2v) is 7.50. The lowest BCUT2D eigenvalue weighted by Gasteiger charge is -2.34. The highest BCUT2D eigenvalue weighted by Crippen LogP contribution is 2.42. The van der Waals surface area contributed by atoms with Crippen molar-refractivity contribution < 1.29 is 19.5 Å². The molecular weight excluding hydrogens is 370 g/mol. The maximum absolute atomic E-state index is 13.2. The molecule has 29 heavy (non-hydrogen) atoms. The second kappa shape index (κ2) is 6.48. The molecule has 2 aliphatic heterocycles. The van der Waals surface area contributed by atoms with Crippen LogP contribution in [0.3, 0.4) is 0 Å². The molecule has 2 aliphatic rings. The van der Waals surface area contributed by atoms with Crippen LogP contribution in [-0.4, -0.2) is 43.8 Å². The number of para-hydroxylation sites is 1. The van der Waals surface area contributed by atoms with E-state index in [0.717, 1.165) is 22.0 Å². The number of nitrogens with one attached hydrogen (secondary N) is 1. The largest absolute Gasteiger partial charge is 0.481 e. The van der Waals surface area contributed by atoms with Crippen LogP contribution >= 0.6 is 0 Å². The number of carboxylic acid groups (broad SMARTS) is 1. The summed E-state index contributed by atoms with van der Waals surface area (Å²) in [6, 6.07) is 15.2. The van der Waals surface area contributed by atoms with Gasteiger partial charge >= 0.3 is 12.0 Å². The number of aromatic amines is 1. The minimum atomic E-state index is -1.01. The highest BCUT2D eigenvalue weighted by atomic mass is 16.4. The summed E-state index contributed by atoms with van der Waals surface area (Å²) in [5.41, 5.74) is 3.38. The van der Waals surface area contributed by atoms with Crippen molar-refractivity contribution in [3.05, 3.63) is 71.4 Å². The van der Waals surface area contributed by atoms with E-state index in [1.165, 1.54) is 9.80 Å². The molecule has 2 aromatic carbocycles. The monoisotopic (exact) mass is 389 g/mol. The fourth-order valence-electron chi connectivity index (χ4n) is 4.54. The van der Waals surface area contributed by atoms with Crippen LogP contribution in [0.4, 0.5) is 4.79 Å². The van der Waals surface area contributed by atoms with Gasteiger partial charge in [0.1, 0.15) is 6.04 Å². The first kappa shape index (κ1) is 17.5. The van der Waals surface area contributed by atoms with Crippen LogP contribution in [0.15, 0.2) is 54.6 Å². The maximum Gasteiger partial charge on any atom is 0.328 e. The van der Waals surface area contributed by atoms with Crippen molar-refractivity contribution in [2.75, 3.05) is 0 Å². The van der Waals surface area contributed by atoms with E-state index in [0.29, 0.717) is 12.1 Å². The zero-order valence-electron chi connectivity index (χ0n) is 15.5. The van der Waals surface area contributed by atoms with Crippen molar-refractivity contribution in [3.63, 3.8) is 0 Å². The van der Waals surface area contributed by atoms with E-state index in [2.05, 4.69) is 4.98 Å². The fraction of sp³-hybridized carbons (Fsp3) is 0.227. The summed E-state index contributed by atoms with van der Waals surface area (Å²) in [7, 11) is 0. The molecule has 7 heteroatoms. The van der Waals surface area contributed by atoms with Crippen molar-refractivity contribution in [2.24, 2.45) is 0 Å². The number of benzene rings is 2. The number of nitrogens with zero attached hydrogens (tertiary/aromatic N) is 2. The van der Waals surface area contributed by atoms with Crippen molar-refractivity contribution in [2.45, 2.75) is 31.5 Å². The van der Waals surface area contributed by atoms with E-state index >= 15 is 0 Å². The maximum atomic E-state index is 13.2. The van der Waals surface area contributed by atoms with Gasteiger partial charge in [-0.05, 0) is 17.2 Å². The van der Waals surface area contributed by atoms with Crippen LogP contribution in [0.25, 0.3) is 10.9 Å². The number of fused-ring (bicyclic) bond motifs is 4. The molecule has 1 saturated heterocycles. The summed E-state index contributed by atoms with van der Waals surface area (Å²) in [4.78, 5) is 43.9. The number of hydrogen-bond acceptors (Lipinski definition) is 3. The molecule has 7 nitrogen and oxygen atoms in total. The Morgan fingerprint density at radius 1 is 1.07 bits per heavy atom. The third-order valence-electron chi connectivity index (χ3n) is 5.80. The van der Waals surface area contributed by atoms with Crippen molar-refractivity contribution >= 4 is 28.8 Å². The number of amides is 3. The zero-order valence-corrected chi connectivity index (χ0v) is 15.5. The molecule has 1 fully saturated rings. The molecular formula is C22H19N3O4. The number of carbonyl (C=O) groups excluding carboxylic acids is 2. The SMILES string of the molecule is O=C(O)C[C@@H]1c2[nH]c3ccccc3c2C[C@H]2C(=O)N(Cc3ccccc3)C(=O)N12. The van der Waals surface area contributed by atoms with E-state index < -0.39 is 24.1 Å². The van der Waals surface area contributed by atoms with Gasteiger partial charge in [0.05, 0.1) is 19.0 Å². The number of aromatic nitrogens is 1. The van der Waals surface area contributed by atoms with Crippen LogP contribution in [0.1, 0.15) is 29.3 Å². The van der Waals surface area contributed by atoms with Crippen LogP contribution in [0.5, 0.6) is 0 Å². The van der Waals surface area contributed by atoms with Gasteiger partial charge < -0.3 is 15.0 Å². The summed E-state index contributed by atoms with van der Waals surface area (Å²) < 4.78 is 0. The number of imide groups is 1. The number of urea groups is 1. The average Bonchev–Trinajstić information content (AvgIpc) is 3.20. The Kier molecular flexibility index (Phi) is 3.91. The van der Waals surface area contributed by atoms with Crippen LogP contribution in [-0.2, 0) is 22.6 Å². The Balaban J connectivity index is 1.57. The van der Waals surface area contributed by atoms with Crippen molar-refractivity contribution in [1.82, 2.24) is 14.8 Å². The minimum absolute atomic E-state index is 0.181. The number of carboxylic acids is 1. The first-order valence-corrected chi connectivity index (χ1v) is 9.53. The number of rotatable bonds is 4. The topological polar surface area (TPSA) is 93.7 Å². The predicted octanol–water partition coefficient (Wildman–Crippen LogP) is 3.07. The van der Waals surface area contributed by atoms with Gasteiger partial charge in [0.2, 0.25) is 0 Å². The van der Waals surface area contributed by atoms with Crippen LogP contribution < -0.4 is 0 Å². The van der Waals surface area contributed by atoms with Crippen LogP contribution in [0, 0.1) is 0 Å². The lowest BCUT2D eigenvalue weighted by Crippen LogP contribution is -2.44. The molecule has 3 aromatic rings. The average molecular weight is 389 g/mol. The van der Waals surface area contributed by atoms with Crippen molar-refractivity contribution in [1.29, 1.82) is 0 Å². The molecule has 0 radical (unpaired) electrons. The highest BCUT2D eigenvalue weighted by molar-refractivity contribution is 6.05. The summed E-state index contributed by atoms with van der Waals surface area (Å²) >= 11 is 0. The quantitative estimate of drug-likeness (QED) is 0.671. The Hall–Kier alpha value is -3.61. The minimum Gasteiger partial charge on any atom is -0.481 e. The van der Waals surface area contributed by atoms with Gasteiger partial charge in [0.15, 0.2) is 0 Å². The fourth-order valence-corrected chi connectivity index (χ4v) is 4.54. The third-order valence-corrected chi connectivity index (χ3v) is 5.80. The normalized spacial score (nSPS) is 20.8. The van der Waals surface area contributed by atoms with Gasteiger partial charge in [-0.1, -0.05) is 48.5 Å². The molecule has 0 spiro atoms. The molecule has 5 rings (SSSR count). The first-order chi connectivity index (χ1) is 14.0. The predicted molar refractivity (Wildman–Crippen MR) is 105 cm³/mol. The molecule has 3 amide bonds. The van der Waals surface area contributed by atoms with Crippen LogP contribution in [0.2, 0.25) is 0 Å². The van der Waals surface area contributed by atoms with E-state index in [1.807, 2.05) is 54.6 Å². The number of hydrogen-bond donors (Lipinski definition) is 2. The summed E-state index contributed by atoms with van der Waals surface area (Å²) in [5.74, 6) is -1.29. The summed E-state index contributed by atoms with van der Waals surface area (Å²) in [5, 5.41) is 10.5. The Bertz CT molecular complexity index is 1140. The molecule has 3 heterocycles. The van der Waals surface area contributed by atoms with Gasteiger partial charge in [-0.2, -0.15) is 0 Å². The smallest absolute Gasteiger partial charge is 0.328 e. The Labute approximate surface area is 166 Å². The standard InChI is InChI=1S/C22H19N3O4/c26-19(27)11-17-20-15(14-8-4-5-9-16(14)23-20)10-18-21(28)24(22(29)25(17)18)12-13-6-2-1-3-7-13/h1-9,17-18,23H,10-12H2,(H,26,27)/t17-,18+/m1/s1. The lowest BCUT2D eigenvalue weighted by atomic mass is 9.91. The van der Waals surface area contributed by atoms with Gasteiger partial charge in [-0.3, -0.25) is 14.5 Å². The lowest BCUT2D eigenvalue weighted by molar-refractivity contribution is -0.139. The third kappa shape index (κ3) is 2.69. The van der Waals surface area contributed by atoms with Gasteiger partial charge in [0, 0.05) is 23.0 Å². The van der Waals surface area contributed by atoms with E-state index in [1.54, 1.807) is 0 Å². The van der Waals surface area contributed by atoms with Gasteiger partial charge in [0.25, 0.3) is 5.91 Å². The Morgan fingerprint density at radius 3 is 2.55 bits per heavy atom. The van der Waals surface area contributed by atoms with Gasteiger partial charge in [-0.25, -0.2) is 4.79 Å². The van der Waals surface area contributed by atoms with Gasteiger partial charge in [-0.15, -0.1) is 0 Å². The Morgan fingerprint density at radius 2 is 1.79 bits per heavy atom. The number of H-pyrrole nitrogens is 1. The summed E-state index contributed by atoms with van der Waals surface area (Å²) in [6.07, 6.45) is 0.125. The highest BCUT2D eigenvalue weighted by Gasteiger charge is 2.52. The first-order valence-electron chi connectivity index (χ1n) is 9.53. The van der Waals surface area contributed by atoms with E-state index in [4.69, 9.17) is 0 Å². The zero-order chi connectivity index (χ0) is 20.1. The number of carbonyl (C=O) groups is 3. The summed E-state index contributed by atoms with van der Waals surface area (Å²) in [6.45, 7) is 0.181. The second-order valence-electron chi connectivity index (χ2n) is 7.50. The molecule has 0 aliphatic carbocycles. The number of aliphatic carboxylic acids is 1. The molecule has 146 valence electrons. The molecule has 2 N–H and O–H groups in total.